The summed E-state index contributed by atoms with van der Waals surface area (Å²) in [7, 11) is 2.15. The predicted octanol–water partition coefficient (Wildman–Crippen LogP) is 5.53. The first-order valence-corrected chi connectivity index (χ1v) is 17.7. The lowest BCUT2D eigenvalue weighted by molar-refractivity contribution is -0.404. The zero-order valence-electron chi connectivity index (χ0n) is 26.9. The number of aromatic nitrogens is 1. The van der Waals surface area contributed by atoms with Gasteiger partial charge in [-0.05, 0) is 44.5 Å². The first-order chi connectivity index (χ1) is 22.3. The minimum atomic E-state index is -0.436. The van der Waals surface area contributed by atoms with E-state index in [2.05, 4.69) is 88.0 Å². The maximum Gasteiger partial charge on any atom is 0.274 e. The van der Waals surface area contributed by atoms with Crippen LogP contribution >= 0.6 is 23.1 Å². The lowest BCUT2D eigenvalue weighted by Crippen LogP contribution is -2.29. The van der Waals surface area contributed by atoms with Crippen LogP contribution in [-0.2, 0) is 10.5 Å². The normalized spacial score (nSPS) is 12.2. The zero-order chi connectivity index (χ0) is 33.0. The van der Waals surface area contributed by atoms with Crippen molar-refractivity contribution >= 4 is 34.2 Å². The summed E-state index contributed by atoms with van der Waals surface area (Å²) >= 11 is 3.07. The van der Waals surface area contributed by atoms with Crippen molar-refractivity contribution in [2.45, 2.75) is 50.9 Å². The van der Waals surface area contributed by atoms with Crippen LogP contribution in [0.5, 0.6) is 0 Å². The Labute approximate surface area is 281 Å². The van der Waals surface area contributed by atoms with Crippen LogP contribution in [0.25, 0.3) is 0 Å². The Morgan fingerprint density at radius 1 is 1.04 bits per heavy atom. The van der Waals surface area contributed by atoms with Crippen molar-refractivity contribution in [3.8, 4) is 0 Å². The first kappa shape index (κ1) is 36.8. The number of nitrogens with two attached hydrogens (primary N) is 2. The minimum absolute atomic E-state index is 0.0110. The summed E-state index contributed by atoms with van der Waals surface area (Å²) in [6.07, 6.45) is 6.38. The molecule has 11 nitrogen and oxygen atoms in total. The molecule has 0 radical (unpaired) electrons. The molecule has 0 spiro atoms. The lowest BCUT2D eigenvalue weighted by Gasteiger charge is -2.22. The highest BCUT2D eigenvalue weighted by molar-refractivity contribution is 7.98. The summed E-state index contributed by atoms with van der Waals surface area (Å²) in [5.41, 5.74) is 15.3. The molecule has 13 heteroatoms. The van der Waals surface area contributed by atoms with Crippen LogP contribution in [0.3, 0.4) is 0 Å². The number of ether oxygens (including phenoxy) is 1. The summed E-state index contributed by atoms with van der Waals surface area (Å²) in [5, 5.41) is 19.8. The molecule has 0 aliphatic heterocycles. The summed E-state index contributed by atoms with van der Waals surface area (Å²) in [6.45, 7) is 5.95. The van der Waals surface area contributed by atoms with Gasteiger partial charge in [0.1, 0.15) is 6.10 Å². The Balaban J connectivity index is 1.23. The second kappa shape index (κ2) is 21.2. The molecular formula is C33H48N8O3S2. The molecule has 3 aromatic rings. The third kappa shape index (κ3) is 15.1. The van der Waals surface area contributed by atoms with Crippen LogP contribution in [0, 0.1) is 17.0 Å². The van der Waals surface area contributed by atoms with Gasteiger partial charge in [-0.2, -0.15) is 16.8 Å². The number of benzene rings is 2. The molecule has 0 aliphatic carbocycles. The van der Waals surface area contributed by atoms with Crippen molar-refractivity contribution in [1.82, 2.24) is 20.5 Å². The molecule has 1 aromatic heterocycles. The van der Waals surface area contributed by atoms with Gasteiger partial charge in [0.05, 0.1) is 17.2 Å². The second-order valence-corrected chi connectivity index (χ2v) is 13.0. The van der Waals surface area contributed by atoms with Gasteiger partial charge in [-0.25, -0.2) is 4.98 Å². The van der Waals surface area contributed by atoms with Crippen LogP contribution in [0.15, 0.2) is 77.0 Å². The van der Waals surface area contributed by atoms with Gasteiger partial charge in [0.2, 0.25) is 5.13 Å². The van der Waals surface area contributed by atoms with Crippen molar-refractivity contribution in [3.63, 3.8) is 0 Å². The average Bonchev–Trinajstić information content (AvgIpc) is 3.47. The summed E-state index contributed by atoms with van der Waals surface area (Å²) in [5.74, 6) is 1.91. The number of hydrogen-bond donors (Lipinski definition) is 4. The highest BCUT2D eigenvalue weighted by atomic mass is 32.2. The van der Waals surface area contributed by atoms with Gasteiger partial charge < -0.3 is 31.7 Å². The third-order valence-corrected chi connectivity index (χ3v) is 8.86. The quantitative estimate of drug-likeness (QED) is 0.0333. The Morgan fingerprint density at radius 3 is 2.48 bits per heavy atom. The Morgan fingerprint density at radius 2 is 1.74 bits per heavy atom. The number of likely N-dealkylation sites (N-methyl/N-ethyl adjacent to an activating group) is 1. The molecule has 0 bridgehead atoms. The molecule has 1 unspecified atom stereocenters. The van der Waals surface area contributed by atoms with Crippen molar-refractivity contribution < 1.29 is 9.66 Å². The number of aliphatic imine (C=N–C) groups is 1. The SMILES string of the molecule is Cc1ccc(C(OCCN(C)CCCCCCCN/C(=C/[N+](=O)[O-])NCCSCc2csc(N=C(N)N)n2)c2ccccc2)cc1. The topological polar surface area (TPSA) is 157 Å². The van der Waals surface area contributed by atoms with Crippen molar-refractivity contribution in [1.29, 1.82) is 0 Å². The molecule has 0 saturated carbocycles. The van der Waals surface area contributed by atoms with E-state index in [0.717, 1.165) is 62.8 Å². The minimum Gasteiger partial charge on any atom is -0.370 e. The molecule has 46 heavy (non-hydrogen) atoms. The van der Waals surface area contributed by atoms with Crippen molar-refractivity contribution in [2.24, 2.45) is 16.5 Å². The van der Waals surface area contributed by atoms with Gasteiger partial charge in [0.15, 0.2) is 11.8 Å². The van der Waals surface area contributed by atoms with E-state index in [4.69, 9.17) is 16.2 Å². The van der Waals surface area contributed by atoms with Gasteiger partial charge in [0.25, 0.3) is 6.20 Å². The Hall–Kier alpha value is -3.65. The van der Waals surface area contributed by atoms with Crippen LogP contribution in [0.2, 0.25) is 0 Å². The number of nitrogens with one attached hydrogen (secondary N) is 2. The number of rotatable bonds is 23. The molecule has 250 valence electrons. The van der Waals surface area contributed by atoms with Crippen LogP contribution in [-0.4, -0.2) is 66.4 Å². The van der Waals surface area contributed by atoms with E-state index in [1.54, 1.807) is 11.8 Å². The maximum absolute atomic E-state index is 11.1. The molecule has 0 aliphatic rings. The molecule has 1 heterocycles. The molecule has 0 saturated heterocycles. The molecule has 1 atom stereocenters. The number of aryl methyl sites for hydroxylation is 1. The fourth-order valence-corrected chi connectivity index (χ4v) is 6.23. The number of guanidine groups is 1. The van der Waals surface area contributed by atoms with E-state index in [-0.39, 0.29) is 12.1 Å². The highest BCUT2D eigenvalue weighted by Gasteiger charge is 2.15. The first-order valence-electron chi connectivity index (χ1n) is 15.7. The van der Waals surface area contributed by atoms with Crippen LogP contribution < -0.4 is 22.1 Å². The predicted molar refractivity (Wildman–Crippen MR) is 191 cm³/mol. The van der Waals surface area contributed by atoms with E-state index < -0.39 is 4.92 Å². The average molecular weight is 669 g/mol. The van der Waals surface area contributed by atoms with Gasteiger partial charge in [-0.1, -0.05) is 79.4 Å². The summed E-state index contributed by atoms with van der Waals surface area (Å²) < 4.78 is 6.39. The lowest BCUT2D eigenvalue weighted by atomic mass is 10.0. The zero-order valence-corrected chi connectivity index (χ0v) is 28.5. The van der Waals surface area contributed by atoms with E-state index in [0.29, 0.717) is 36.4 Å². The van der Waals surface area contributed by atoms with Crippen molar-refractivity contribution in [3.05, 3.63) is 104 Å². The molecule has 3 rings (SSSR count). The number of nitro groups is 1. The number of nitrogens with zero attached hydrogens (tertiary/aromatic N) is 4. The summed E-state index contributed by atoms with van der Waals surface area (Å²) in [6, 6.07) is 19.0. The van der Waals surface area contributed by atoms with Gasteiger partial charge in [0, 0.05) is 36.5 Å². The third-order valence-electron chi connectivity index (χ3n) is 7.08. The van der Waals surface area contributed by atoms with Crippen molar-refractivity contribution in [2.75, 3.05) is 45.6 Å². The monoisotopic (exact) mass is 668 g/mol. The van der Waals surface area contributed by atoms with Crippen LogP contribution in [0.1, 0.15) is 60.6 Å². The second-order valence-electron chi connectivity index (χ2n) is 11.0. The maximum atomic E-state index is 11.1. The highest BCUT2D eigenvalue weighted by Crippen LogP contribution is 2.26. The van der Waals surface area contributed by atoms with Gasteiger partial charge in [-0.15, -0.1) is 11.3 Å². The van der Waals surface area contributed by atoms with E-state index >= 15 is 0 Å². The van der Waals surface area contributed by atoms with Crippen LogP contribution in [0.4, 0.5) is 5.13 Å². The Kier molecular flexibility index (Phi) is 17.0. The fourth-order valence-electron chi connectivity index (χ4n) is 4.67. The number of thioether (sulfide) groups is 1. The van der Waals surface area contributed by atoms with E-state index in [1.807, 2.05) is 11.4 Å². The molecular weight excluding hydrogens is 621 g/mol. The smallest absolute Gasteiger partial charge is 0.274 e. The molecule has 0 amide bonds. The van der Waals surface area contributed by atoms with Gasteiger partial charge in [-0.3, -0.25) is 10.1 Å². The van der Waals surface area contributed by atoms with E-state index in [1.165, 1.54) is 28.0 Å². The van der Waals surface area contributed by atoms with E-state index in [9.17, 15) is 10.1 Å². The molecule has 6 N–H and O–H groups in total. The fraction of sp³-hybridized carbons (Fsp3) is 0.455. The largest absolute Gasteiger partial charge is 0.370 e. The number of thiazole rings is 1. The molecule has 0 fully saturated rings. The van der Waals surface area contributed by atoms with Gasteiger partial charge >= 0.3 is 0 Å². The number of hydrogen-bond acceptors (Lipinski definition) is 10. The Bertz CT molecular complexity index is 1350. The number of unbranched alkanes of at least 4 members (excludes halogenated alkanes) is 4. The molecule has 2 aromatic carbocycles. The standard InChI is InChI=1S/C33H48N8O3S2/c1-26-13-15-28(16-14-26)31(27-11-7-6-8-12-27)44-21-20-40(2)19-10-5-3-4-9-17-36-30(23-41(42)43)37-18-22-45-24-29-25-46-33(38-29)39-32(34)35/h6-8,11-16,23,25,31,36-37H,3-5,9-10,17-22,24H2,1-2H3,(H4,34,35,38,39)/b30-23-. The summed E-state index contributed by atoms with van der Waals surface area (Å²) in [4.78, 5) is 21.3.